The number of anilines is 2. The van der Waals surface area contributed by atoms with E-state index in [9.17, 15) is 4.79 Å². The number of rotatable bonds is 3. The summed E-state index contributed by atoms with van der Waals surface area (Å²) in [6.07, 6.45) is 1.65. The predicted molar refractivity (Wildman–Crippen MR) is 74.3 cm³/mol. The highest BCUT2D eigenvalue weighted by molar-refractivity contribution is 6.05. The highest BCUT2D eigenvalue weighted by Gasteiger charge is 2.12. The molecule has 0 saturated carbocycles. The molecule has 5 nitrogen and oxygen atoms in total. The Balaban J connectivity index is 2.27. The standard InChI is InChI=1S/C14H15N3O2/c1-9-11(4-3-7-16-9)14(18)17-12-6-5-10(15)8-13(12)19-2/h3-8H,15H2,1-2H3,(H,17,18). The number of nitrogens with zero attached hydrogens (tertiary/aromatic N) is 1. The maximum Gasteiger partial charge on any atom is 0.257 e. The number of aryl methyl sites for hydroxylation is 1. The van der Waals surface area contributed by atoms with Crippen LogP contribution in [0.1, 0.15) is 16.1 Å². The molecule has 0 bridgehead atoms. The molecule has 0 saturated heterocycles. The van der Waals surface area contributed by atoms with Crippen LogP contribution in [-0.2, 0) is 0 Å². The van der Waals surface area contributed by atoms with Gasteiger partial charge in [-0.3, -0.25) is 9.78 Å². The Kier molecular flexibility index (Phi) is 3.66. The van der Waals surface area contributed by atoms with Crippen LogP contribution in [0.3, 0.4) is 0 Å². The molecular weight excluding hydrogens is 242 g/mol. The van der Waals surface area contributed by atoms with Crippen LogP contribution < -0.4 is 15.8 Å². The molecule has 2 aromatic rings. The molecule has 0 spiro atoms. The molecule has 0 radical (unpaired) electrons. The number of carbonyl (C=O) groups excluding carboxylic acids is 1. The average Bonchev–Trinajstić information content (AvgIpc) is 2.41. The largest absolute Gasteiger partial charge is 0.494 e. The lowest BCUT2D eigenvalue weighted by atomic mass is 10.2. The van der Waals surface area contributed by atoms with E-state index in [0.29, 0.717) is 28.4 Å². The lowest BCUT2D eigenvalue weighted by Crippen LogP contribution is -2.14. The quantitative estimate of drug-likeness (QED) is 0.827. The van der Waals surface area contributed by atoms with Crippen molar-refractivity contribution in [2.75, 3.05) is 18.2 Å². The first-order valence-electron chi connectivity index (χ1n) is 5.78. The molecule has 19 heavy (non-hydrogen) atoms. The summed E-state index contributed by atoms with van der Waals surface area (Å²) in [7, 11) is 1.53. The summed E-state index contributed by atoms with van der Waals surface area (Å²) in [5.41, 5.74) is 8.02. The third kappa shape index (κ3) is 2.82. The van der Waals surface area contributed by atoms with Gasteiger partial charge in [0, 0.05) is 23.6 Å². The normalized spacial score (nSPS) is 10.0. The lowest BCUT2D eigenvalue weighted by Gasteiger charge is -2.11. The second-order valence-corrected chi connectivity index (χ2v) is 4.05. The number of aromatic nitrogens is 1. The molecule has 0 aliphatic heterocycles. The molecule has 1 amide bonds. The summed E-state index contributed by atoms with van der Waals surface area (Å²) in [4.78, 5) is 16.2. The number of nitrogen functional groups attached to an aromatic ring is 1. The molecule has 0 aliphatic carbocycles. The molecular formula is C14H15N3O2. The molecule has 1 heterocycles. The molecule has 1 aromatic heterocycles. The van der Waals surface area contributed by atoms with Crippen molar-refractivity contribution in [1.82, 2.24) is 4.98 Å². The number of carbonyl (C=O) groups is 1. The minimum Gasteiger partial charge on any atom is -0.494 e. The van der Waals surface area contributed by atoms with Crippen molar-refractivity contribution >= 4 is 17.3 Å². The number of hydrogen-bond donors (Lipinski definition) is 2. The van der Waals surface area contributed by atoms with Gasteiger partial charge in [0.1, 0.15) is 5.75 Å². The van der Waals surface area contributed by atoms with Gasteiger partial charge in [-0.05, 0) is 31.2 Å². The zero-order chi connectivity index (χ0) is 13.8. The lowest BCUT2D eigenvalue weighted by molar-refractivity contribution is 0.102. The van der Waals surface area contributed by atoms with Crippen LogP contribution in [0.15, 0.2) is 36.5 Å². The number of hydrogen-bond acceptors (Lipinski definition) is 4. The Bertz CT molecular complexity index is 611. The molecule has 0 fully saturated rings. The summed E-state index contributed by atoms with van der Waals surface area (Å²) in [6.45, 7) is 1.79. The summed E-state index contributed by atoms with van der Waals surface area (Å²) in [6, 6.07) is 8.52. The third-order valence-electron chi connectivity index (χ3n) is 2.73. The summed E-state index contributed by atoms with van der Waals surface area (Å²) >= 11 is 0. The maximum atomic E-state index is 12.2. The number of methoxy groups -OCH3 is 1. The second kappa shape index (κ2) is 5.39. The molecule has 0 atom stereocenters. The molecule has 2 rings (SSSR count). The van der Waals surface area contributed by atoms with Gasteiger partial charge in [-0.25, -0.2) is 0 Å². The number of benzene rings is 1. The van der Waals surface area contributed by atoms with E-state index in [4.69, 9.17) is 10.5 Å². The van der Waals surface area contributed by atoms with Crippen LogP contribution in [0.5, 0.6) is 5.75 Å². The van der Waals surface area contributed by atoms with Gasteiger partial charge in [-0.15, -0.1) is 0 Å². The van der Waals surface area contributed by atoms with E-state index in [1.807, 2.05) is 0 Å². The fourth-order valence-electron chi connectivity index (χ4n) is 1.72. The Morgan fingerprint density at radius 3 is 2.84 bits per heavy atom. The predicted octanol–water partition coefficient (Wildman–Crippen LogP) is 2.23. The van der Waals surface area contributed by atoms with Crippen molar-refractivity contribution < 1.29 is 9.53 Å². The first kappa shape index (κ1) is 12.9. The fraction of sp³-hybridized carbons (Fsp3) is 0.143. The smallest absolute Gasteiger partial charge is 0.257 e. The van der Waals surface area contributed by atoms with Gasteiger partial charge < -0.3 is 15.8 Å². The topological polar surface area (TPSA) is 77.2 Å². The molecule has 5 heteroatoms. The van der Waals surface area contributed by atoms with Crippen LogP contribution in [0.2, 0.25) is 0 Å². The first-order valence-corrected chi connectivity index (χ1v) is 5.78. The molecule has 0 unspecified atom stereocenters. The number of nitrogens with two attached hydrogens (primary N) is 1. The van der Waals surface area contributed by atoms with E-state index >= 15 is 0 Å². The van der Waals surface area contributed by atoms with Crippen molar-refractivity contribution in [3.63, 3.8) is 0 Å². The van der Waals surface area contributed by atoms with E-state index in [1.54, 1.807) is 43.5 Å². The zero-order valence-corrected chi connectivity index (χ0v) is 10.8. The van der Waals surface area contributed by atoms with E-state index < -0.39 is 0 Å². The minimum absolute atomic E-state index is 0.228. The fourth-order valence-corrected chi connectivity index (χ4v) is 1.72. The van der Waals surface area contributed by atoms with Crippen molar-refractivity contribution in [2.24, 2.45) is 0 Å². The average molecular weight is 257 g/mol. The third-order valence-corrected chi connectivity index (χ3v) is 2.73. The van der Waals surface area contributed by atoms with E-state index in [1.165, 1.54) is 7.11 Å². The van der Waals surface area contributed by atoms with Gasteiger partial charge in [-0.1, -0.05) is 0 Å². The van der Waals surface area contributed by atoms with E-state index in [2.05, 4.69) is 10.3 Å². The van der Waals surface area contributed by atoms with Gasteiger partial charge in [0.05, 0.1) is 18.4 Å². The van der Waals surface area contributed by atoms with Crippen LogP contribution in [-0.4, -0.2) is 18.0 Å². The summed E-state index contributed by atoms with van der Waals surface area (Å²) in [5, 5.41) is 2.79. The van der Waals surface area contributed by atoms with Gasteiger partial charge >= 0.3 is 0 Å². The monoisotopic (exact) mass is 257 g/mol. The number of ether oxygens (including phenoxy) is 1. The second-order valence-electron chi connectivity index (χ2n) is 4.05. The van der Waals surface area contributed by atoms with Gasteiger partial charge in [0.25, 0.3) is 5.91 Å². The number of amides is 1. The Labute approximate surface area is 111 Å². The van der Waals surface area contributed by atoms with Crippen LogP contribution in [0.4, 0.5) is 11.4 Å². The molecule has 0 aliphatic rings. The summed E-state index contributed by atoms with van der Waals surface area (Å²) in [5.74, 6) is 0.295. The Hall–Kier alpha value is -2.56. The highest BCUT2D eigenvalue weighted by atomic mass is 16.5. The first-order chi connectivity index (χ1) is 9.11. The van der Waals surface area contributed by atoms with Crippen LogP contribution in [0.25, 0.3) is 0 Å². The van der Waals surface area contributed by atoms with Gasteiger partial charge in [0.2, 0.25) is 0 Å². The Morgan fingerprint density at radius 2 is 2.16 bits per heavy atom. The van der Waals surface area contributed by atoms with E-state index in [0.717, 1.165) is 0 Å². The van der Waals surface area contributed by atoms with E-state index in [-0.39, 0.29) is 5.91 Å². The van der Waals surface area contributed by atoms with Crippen molar-refractivity contribution in [3.05, 3.63) is 47.8 Å². The highest BCUT2D eigenvalue weighted by Crippen LogP contribution is 2.27. The number of pyridine rings is 1. The molecule has 98 valence electrons. The maximum absolute atomic E-state index is 12.2. The van der Waals surface area contributed by atoms with Crippen molar-refractivity contribution in [1.29, 1.82) is 0 Å². The van der Waals surface area contributed by atoms with Crippen molar-refractivity contribution in [2.45, 2.75) is 6.92 Å². The van der Waals surface area contributed by atoms with Gasteiger partial charge in [0.15, 0.2) is 0 Å². The van der Waals surface area contributed by atoms with Crippen LogP contribution in [0, 0.1) is 6.92 Å². The molecule has 3 N–H and O–H groups in total. The SMILES string of the molecule is COc1cc(N)ccc1NC(=O)c1cccnc1C. The van der Waals surface area contributed by atoms with Crippen LogP contribution >= 0.6 is 0 Å². The zero-order valence-electron chi connectivity index (χ0n) is 10.8. The minimum atomic E-state index is -0.228. The van der Waals surface area contributed by atoms with Gasteiger partial charge in [-0.2, -0.15) is 0 Å². The Morgan fingerprint density at radius 1 is 1.37 bits per heavy atom. The summed E-state index contributed by atoms with van der Waals surface area (Å²) < 4.78 is 5.18. The molecule has 1 aromatic carbocycles. The number of nitrogens with one attached hydrogen (secondary N) is 1. The van der Waals surface area contributed by atoms with Crippen molar-refractivity contribution in [3.8, 4) is 5.75 Å².